The number of aryl methyl sites for hydroxylation is 1. The zero-order valence-electron chi connectivity index (χ0n) is 10.3. The summed E-state index contributed by atoms with van der Waals surface area (Å²) >= 11 is 0. The molecule has 0 bridgehead atoms. The van der Waals surface area contributed by atoms with E-state index in [1.807, 2.05) is 6.07 Å². The molecule has 1 unspecified atom stereocenters. The molecule has 1 rings (SSSR count). The minimum atomic E-state index is -0.769. The number of carboxylic acid groups (broad SMARTS) is 1. The number of carbonyl (C=O) groups is 1. The molecule has 88 valence electrons. The minimum absolute atomic E-state index is 0.374. The Kier molecular flexibility index (Phi) is 3.93. The summed E-state index contributed by atoms with van der Waals surface area (Å²) in [6.45, 7) is 8.36. The highest BCUT2D eigenvalue weighted by atomic mass is 16.4. The molecule has 3 nitrogen and oxygen atoms in total. The average molecular weight is 221 g/mol. The first-order valence-corrected chi connectivity index (χ1v) is 5.47. The maximum atomic E-state index is 10.7. The lowest BCUT2D eigenvalue weighted by Gasteiger charge is -2.14. The predicted molar refractivity (Wildman–Crippen MR) is 65.9 cm³/mol. The summed E-state index contributed by atoms with van der Waals surface area (Å²) in [6.07, 6.45) is 0. The molecule has 1 aromatic carbocycles. The van der Waals surface area contributed by atoms with Gasteiger partial charge in [-0.25, -0.2) is 0 Å². The first-order valence-electron chi connectivity index (χ1n) is 5.47. The molecule has 0 fully saturated rings. The van der Waals surface area contributed by atoms with E-state index in [4.69, 9.17) is 5.11 Å². The SMILES string of the molecule is Cc1ccc(NCC(C)C(=O)O)c(C)c1C. The summed E-state index contributed by atoms with van der Waals surface area (Å²) in [5.74, 6) is -1.14. The van der Waals surface area contributed by atoms with Gasteiger partial charge in [-0.2, -0.15) is 0 Å². The van der Waals surface area contributed by atoms with Gasteiger partial charge in [-0.3, -0.25) is 4.79 Å². The van der Waals surface area contributed by atoms with E-state index < -0.39 is 5.97 Å². The molecule has 1 aromatic rings. The van der Waals surface area contributed by atoms with E-state index in [1.54, 1.807) is 6.92 Å². The van der Waals surface area contributed by atoms with E-state index >= 15 is 0 Å². The summed E-state index contributed by atoms with van der Waals surface area (Å²) in [5.41, 5.74) is 4.73. The Morgan fingerprint density at radius 1 is 1.31 bits per heavy atom. The van der Waals surface area contributed by atoms with Crippen LogP contribution >= 0.6 is 0 Å². The monoisotopic (exact) mass is 221 g/mol. The molecular formula is C13H19NO2. The van der Waals surface area contributed by atoms with E-state index in [2.05, 4.69) is 32.2 Å². The van der Waals surface area contributed by atoms with E-state index in [0.717, 1.165) is 5.69 Å². The third-order valence-electron chi connectivity index (χ3n) is 3.08. The van der Waals surface area contributed by atoms with Gasteiger partial charge in [0.25, 0.3) is 0 Å². The zero-order valence-corrected chi connectivity index (χ0v) is 10.3. The molecule has 0 aliphatic heterocycles. The highest BCUT2D eigenvalue weighted by Gasteiger charge is 2.11. The Morgan fingerprint density at radius 2 is 1.94 bits per heavy atom. The van der Waals surface area contributed by atoms with Gasteiger partial charge in [0.1, 0.15) is 0 Å². The van der Waals surface area contributed by atoms with Crippen molar-refractivity contribution < 1.29 is 9.90 Å². The van der Waals surface area contributed by atoms with Gasteiger partial charge in [-0.05, 0) is 43.5 Å². The van der Waals surface area contributed by atoms with Crippen LogP contribution in [0.4, 0.5) is 5.69 Å². The number of aliphatic carboxylic acids is 1. The molecule has 2 N–H and O–H groups in total. The van der Waals surface area contributed by atoms with Gasteiger partial charge in [0.05, 0.1) is 5.92 Å². The van der Waals surface area contributed by atoms with Crippen molar-refractivity contribution in [3.05, 3.63) is 28.8 Å². The Bertz CT molecular complexity index is 399. The Balaban J connectivity index is 2.75. The molecule has 0 saturated heterocycles. The molecular weight excluding hydrogens is 202 g/mol. The van der Waals surface area contributed by atoms with Crippen molar-refractivity contribution in [3.8, 4) is 0 Å². The highest BCUT2D eigenvalue weighted by molar-refractivity contribution is 5.70. The molecule has 0 saturated carbocycles. The van der Waals surface area contributed by atoms with Crippen LogP contribution in [-0.4, -0.2) is 17.6 Å². The summed E-state index contributed by atoms with van der Waals surface area (Å²) in [6, 6.07) is 4.06. The van der Waals surface area contributed by atoms with Crippen LogP contribution < -0.4 is 5.32 Å². The first kappa shape index (κ1) is 12.6. The molecule has 1 atom stereocenters. The quantitative estimate of drug-likeness (QED) is 0.822. The third-order valence-corrected chi connectivity index (χ3v) is 3.08. The average Bonchev–Trinajstić information content (AvgIpc) is 2.24. The maximum Gasteiger partial charge on any atom is 0.308 e. The van der Waals surface area contributed by atoms with Crippen molar-refractivity contribution in [2.75, 3.05) is 11.9 Å². The van der Waals surface area contributed by atoms with Gasteiger partial charge in [0, 0.05) is 12.2 Å². The van der Waals surface area contributed by atoms with Crippen LogP contribution in [0, 0.1) is 26.7 Å². The molecule has 0 amide bonds. The highest BCUT2D eigenvalue weighted by Crippen LogP contribution is 2.21. The number of carboxylic acids is 1. The number of anilines is 1. The van der Waals surface area contributed by atoms with Crippen molar-refractivity contribution >= 4 is 11.7 Å². The molecule has 3 heteroatoms. The van der Waals surface area contributed by atoms with E-state index in [1.165, 1.54) is 16.7 Å². The number of nitrogens with one attached hydrogen (secondary N) is 1. The summed E-state index contributed by atoms with van der Waals surface area (Å²) < 4.78 is 0. The second-order valence-electron chi connectivity index (χ2n) is 4.30. The second kappa shape index (κ2) is 5.01. The van der Waals surface area contributed by atoms with Crippen LogP contribution in [0.1, 0.15) is 23.6 Å². The van der Waals surface area contributed by atoms with Crippen LogP contribution in [0.15, 0.2) is 12.1 Å². The summed E-state index contributed by atoms with van der Waals surface area (Å²) in [4.78, 5) is 10.7. The van der Waals surface area contributed by atoms with Gasteiger partial charge in [-0.15, -0.1) is 0 Å². The molecule has 0 aromatic heterocycles. The smallest absolute Gasteiger partial charge is 0.308 e. The number of rotatable bonds is 4. The van der Waals surface area contributed by atoms with Crippen LogP contribution in [0.2, 0.25) is 0 Å². The Labute approximate surface area is 96.5 Å². The molecule has 0 spiro atoms. The van der Waals surface area contributed by atoms with E-state index in [9.17, 15) is 4.79 Å². The minimum Gasteiger partial charge on any atom is -0.481 e. The standard InChI is InChI=1S/C13H19NO2/c1-8-5-6-12(11(4)10(8)3)14-7-9(2)13(15)16/h5-6,9,14H,7H2,1-4H3,(H,15,16). The molecule has 0 radical (unpaired) electrons. The van der Waals surface area contributed by atoms with E-state index in [0.29, 0.717) is 6.54 Å². The van der Waals surface area contributed by atoms with Crippen LogP contribution in [-0.2, 0) is 4.79 Å². The van der Waals surface area contributed by atoms with Crippen LogP contribution in [0.5, 0.6) is 0 Å². The van der Waals surface area contributed by atoms with Gasteiger partial charge < -0.3 is 10.4 Å². The van der Waals surface area contributed by atoms with Gasteiger partial charge in [0.2, 0.25) is 0 Å². The lowest BCUT2D eigenvalue weighted by atomic mass is 10.0. The number of benzene rings is 1. The van der Waals surface area contributed by atoms with Gasteiger partial charge in [0.15, 0.2) is 0 Å². The second-order valence-corrected chi connectivity index (χ2v) is 4.30. The van der Waals surface area contributed by atoms with Crippen molar-refractivity contribution in [2.24, 2.45) is 5.92 Å². The topological polar surface area (TPSA) is 49.3 Å². The molecule has 0 heterocycles. The largest absolute Gasteiger partial charge is 0.481 e. The fourth-order valence-corrected chi connectivity index (χ4v) is 1.50. The van der Waals surface area contributed by atoms with E-state index in [-0.39, 0.29) is 5.92 Å². The zero-order chi connectivity index (χ0) is 12.3. The molecule has 16 heavy (non-hydrogen) atoms. The van der Waals surface area contributed by atoms with Crippen LogP contribution in [0.3, 0.4) is 0 Å². The maximum absolute atomic E-state index is 10.7. The predicted octanol–water partition coefficient (Wildman–Crippen LogP) is 2.74. The Morgan fingerprint density at radius 3 is 2.50 bits per heavy atom. The van der Waals surface area contributed by atoms with Crippen molar-refractivity contribution in [1.82, 2.24) is 0 Å². The Hall–Kier alpha value is -1.51. The molecule has 0 aliphatic carbocycles. The summed E-state index contributed by atoms with van der Waals surface area (Å²) in [7, 11) is 0. The fourth-order valence-electron chi connectivity index (χ4n) is 1.50. The lowest BCUT2D eigenvalue weighted by molar-refractivity contribution is -0.140. The fraction of sp³-hybridized carbons (Fsp3) is 0.462. The van der Waals surface area contributed by atoms with Crippen molar-refractivity contribution in [2.45, 2.75) is 27.7 Å². The first-order chi connectivity index (χ1) is 7.43. The number of hydrogen-bond donors (Lipinski definition) is 2. The van der Waals surface area contributed by atoms with Crippen molar-refractivity contribution in [3.63, 3.8) is 0 Å². The third kappa shape index (κ3) is 2.75. The lowest BCUT2D eigenvalue weighted by Crippen LogP contribution is -2.20. The summed E-state index contributed by atoms with van der Waals surface area (Å²) in [5, 5.41) is 12.0. The van der Waals surface area contributed by atoms with Gasteiger partial charge in [-0.1, -0.05) is 13.0 Å². The number of hydrogen-bond acceptors (Lipinski definition) is 2. The molecule has 0 aliphatic rings. The van der Waals surface area contributed by atoms with Gasteiger partial charge >= 0.3 is 5.97 Å². The normalized spacial score (nSPS) is 12.2. The van der Waals surface area contributed by atoms with Crippen molar-refractivity contribution in [1.29, 1.82) is 0 Å². The van der Waals surface area contributed by atoms with Crippen LogP contribution in [0.25, 0.3) is 0 Å².